The first-order valence-electron chi connectivity index (χ1n) is 17.3. The van der Waals surface area contributed by atoms with Crippen molar-refractivity contribution in [2.75, 3.05) is 0 Å². The first-order valence-corrected chi connectivity index (χ1v) is 17.3. The lowest BCUT2D eigenvalue weighted by Gasteiger charge is -2.31. The van der Waals surface area contributed by atoms with Crippen LogP contribution in [0.3, 0.4) is 0 Å². The van der Waals surface area contributed by atoms with Gasteiger partial charge in [0, 0.05) is 5.56 Å². The average Bonchev–Trinajstić information content (AvgIpc) is 3.80. The van der Waals surface area contributed by atoms with E-state index in [4.69, 9.17) is 6.57 Å². The fraction of sp³-hybridized carbons (Fsp3) is 0.0204. The van der Waals surface area contributed by atoms with Crippen molar-refractivity contribution in [3.63, 3.8) is 0 Å². The average molecular weight is 643 g/mol. The third-order valence-electron chi connectivity index (χ3n) is 11.4. The Hall–Kier alpha value is -7.00. The first-order chi connectivity index (χ1) is 25.2. The Morgan fingerprint density at radius 2 is 1.04 bits per heavy atom. The van der Waals surface area contributed by atoms with Crippen LogP contribution in [0.5, 0.6) is 0 Å². The van der Waals surface area contributed by atoms with Gasteiger partial charge in [0.1, 0.15) is 0 Å². The third-order valence-corrected chi connectivity index (χ3v) is 11.4. The number of hydrogen-bond acceptors (Lipinski definition) is 1. The van der Waals surface area contributed by atoms with E-state index in [9.17, 15) is 5.26 Å². The van der Waals surface area contributed by atoms with Crippen molar-refractivity contribution < 1.29 is 0 Å². The minimum Gasteiger partial charge on any atom is -0.238 e. The molecular formula is C49H26N2. The van der Waals surface area contributed by atoms with Crippen molar-refractivity contribution >= 4 is 16.5 Å². The molecule has 0 fully saturated rings. The highest BCUT2D eigenvalue weighted by molar-refractivity contribution is 6.21. The molecule has 0 saturated carbocycles. The molecule has 2 heteroatoms. The normalized spacial score (nSPS) is 13.2. The van der Waals surface area contributed by atoms with E-state index >= 15 is 0 Å². The Labute approximate surface area is 296 Å². The van der Waals surface area contributed by atoms with Crippen LogP contribution in [0.2, 0.25) is 0 Å². The van der Waals surface area contributed by atoms with E-state index in [1.165, 1.54) is 83.1 Å². The van der Waals surface area contributed by atoms with Crippen LogP contribution in [0.4, 0.5) is 5.69 Å². The SMILES string of the molecule is [C-]#[N+]c1cc(C#N)cc(-c2ccc(-c3c4c(cc5c3-c3ccccc3C53c5ccccc5-c5ccccc53)-c3cccc5cccc-4c35)cc2)c1. The van der Waals surface area contributed by atoms with Gasteiger partial charge in [0.15, 0.2) is 5.69 Å². The Morgan fingerprint density at radius 3 is 1.71 bits per heavy atom. The van der Waals surface area contributed by atoms with Gasteiger partial charge in [-0.3, -0.25) is 0 Å². The van der Waals surface area contributed by atoms with Crippen LogP contribution in [0.25, 0.3) is 82.4 Å². The summed E-state index contributed by atoms with van der Waals surface area (Å²) in [6.45, 7) is 7.60. The van der Waals surface area contributed by atoms with E-state index in [1.54, 1.807) is 6.07 Å². The van der Waals surface area contributed by atoms with Gasteiger partial charge in [0.05, 0.1) is 18.1 Å². The molecule has 0 saturated heterocycles. The van der Waals surface area contributed by atoms with Gasteiger partial charge in [0.25, 0.3) is 0 Å². The van der Waals surface area contributed by atoms with E-state index in [0.29, 0.717) is 11.3 Å². The molecule has 3 aliphatic rings. The standard InChI is InChI=1S/C49H26N2/c1-51-34-25-29(28-50)24-33(26-34)30-20-22-32(23-21-30)46-47-39-16-9-11-31-10-8-15-37(45(31)39)40(47)27-44-48(46)38-14-4-7-19-43(38)49(44)41-17-5-2-12-35(41)36-13-3-6-18-42(36)49/h2-27H. The molecule has 0 bridgehead atoms. The molecule has 8 aromatic rings. The van der Waals surface area contributed by atoms with Crippen LogP contribution in [-0.4, -0.2) is 0 Å². The summed E-state index contributed by atoms with van der Waals surface area (Å²) in [6.07, 6.45) is 0. The lowest BCUT2D eigenvalue weighted by molar-refractivity contribution is 0.794. The number of hydrogen-bond donors (Lipinski definition) is 0. The molecule has 0 atom stereocenters. The molecule has 0 N–H and O–H groups in total. The second kappa shape index (κ2) is 10.0. The van der Waals surface area contributed by atoms with Gasteiger partial charge in [-0.2, -0.15) is 5.26 Å². The fourth-order valence-electron chi connectivity index (χ4n) is 9.54. The van der Waals surface area contributed by atoms with Crippen LogP contribution in [0.15, 0.2) is 158 Å². The maximum absolute atomic E-state index is 9.67. The molecule has 8 aromatic carbocycles. The van der Waals surface area contributed by atoms with Crippen molar-refractivity contribution in [3.8, 4) is 72.8 Å². The maximum Gasteiger partial charge on any atom is 0.189 e. The molecule has 1 spiro atoms. The van der Waals surface area contributed by atoms with E-state index in [0.717, 1.165) is 16.7 Å². The minimum absolute atomic E-state index is 0.459. The summed E-state index contributed by atoms with van der Waals surface area (Å²) >= 11 is 0. The number of nitrogens with zero attached hydrogens (tertiary/aromatic N) is 2. The molecule has 0 aromatic heterocycles. The summed E-state index contributed by atoms with van der Waals surface area (Å²) in [5, 5.41) is 12.2. The predicted octanol–water partition coefficient (Wildman–Crippen LogP) is 12.6. The monoisotopic (exact) mass is 642 g/mol. The summed E-state index contributed by atoms with van der Waals surface area (Å²) in [7, 11) is 0. The highest BCUT2D eigenvalue weighted by atomic mass is 14.6. The highest BCUT2D eigenvalue weighted by Gasteiger charge is 2.53. The molecule has 0 unspecified atom stereocenters. The Kier molecular flexibility index (Phi) is 5.48. The van der Waals surface area contributed by atoms with Crippen molar-refractivity contribution in [2.45, 2.75) is 5.41 Å². The summed E-state index contributed by atoms with van der Waals surface area (Å²) < 4.78 is 0. The second-order valence-corrected chi connectivity index (χ2v) is 13.8. The molecule has 0 heterocycles. The van der Waals surface area contributed by atoms with Crippen LogP contribution in [0, 0.1) is 17.9 Å². The zero-order chi connectivity index (χ0) is 33.8. The predicted molar refractivity (Wildman–Crippen MR) is 207 cm³/mol. The summed E-state index contributed by atoms with van der Waals surface area (Å²) in [5.74, 6) is 0. The van der Waals surface area contributed by atoms with Gasteiger partial charge >= 0.3 is 0 Å². The van der Waals surface area contributed by atoms with E-state index in [-0.39, 0.29) is 0 Å². The van der Waals surface area contributed by atoms with Crippen LogP contribution >= 0.6 is 0 Å². The van der Waals surface area contributed by atoms with Gasteiger partial charge in [-0.05, 0) is 124 Å². The van der Waals surface area contributed by atoms with Crippen LogP contribution in [-0.2, 0) is 5.41 Å². The molecule has 232 valence electrons. The molecule has 0 amide bonds. The first kappa shape index (κ1) is 27.9. The fourth-order valence-corrected chi connectivity index (χ4v) is 9.54. The van der Waals surface area contributed by atoms with Crippen molar-refractivity contribution in [1.82, 2.24) is 0 Å². The maximum atomic E-state index is 9.67. The molecule has 51 heavy (non-hydrogen) atoms. The van der Waals surface area contributed by atoms with Crippen molar-refractivity contribution in [3.05, 3.63) is 197 Å². The van der Waals surface area contributed by atoms with Gasteiger partial charge < -0.3 is 0 Å². The van der Waals surface area contributed by atoms with Gasteiger partial charge in [0.2, 0.25) is 0 Å². The van der Waals surface area contributed by atoms with Gasteiger partial charge in [-0.15, -0.1) is 0 Å². The summed E-state index contributed by atoms with van der Waals surface area (Å²) in [4.78, 5) is 3.63. The van der Waals surface area contributed by atoms with E-state index < -0.39 is 5.41 Å². The van der Waals surface area contributed by atoms with Crippen molar-refractivity contribution in [1.29, 1.82) is 5.26 Å². The largest absolute Gasteiger partial charge is 0.238 e. The van der Waals surface area contributed by atoms with E-state index in [2.05, 4.69) is 150 Å². The summed E-state index contributed by atoms with van der Waals surface area (Å²) in [5.41, 5.74) is 20.3. The highest BCUT2D eigenvalue weighted by Crippen LogP contribution is 2.67. The molecule has 3 aliphatic carbocycles. The van der Waals surface area contributed by atoms with Gasteiger partial charge in [-0.1, -0.05) is 133 Å². The quantitative estimate of drug-likeness (QED) is 0.172. The Balaban J connectivity index is 1.27. The molecule has 11 rings (SSSR count). The minimum atomic E-state index is -0.459. The molecule has 0 aliphatic heterocycles. The van der Waals surface area contributed by atoms with Gasteiger partial charge in [-0.25, -0.2) is 4.85 Å². The number of rotatable bonds is 2. The lowest BCUT2D eigenvalue weighted by atomic mass is 9.69. The zero-order valence-electron chi connectivity index (χ0n) is 27.4. The van der Waals surface area contributed by atoms with Crippen LogP contribution < -0.4 is 0 Å². The zero-order valence-corrected chi connectivity index (χ0v) is 27.4. The number of benzene rings is 8. The van der Waals surface area contributed by atoms with Crippen molar-refractivity contribution in [2.24, 2.45) is 0 Å². The molecule has 0 radical (unpaired) electrons. The summed E-state index contributed by atoms with van der Waals surface area (Å²) in [6, 6.07) is 59.3. The molecule has 2 nitrogen and oxygen atoms in total. The Morgan fingerprint density at radius 1 is 0.451 bits per heavy atom. The molecular weight excluding hydrogens is 617 g/mol. The smallest absolute Gasteiger partial charge is 0.189 e. The third kappa shape index (κ3) is 3.49. The second-order valence-electron chi connectivity index (χ2n) is 13.8. The van der Waals surface area contributed by atoms with Crippen LogP contribution in [0.1, 0.15) is 27.8 Å². The number of fused-ring (bicyclic) bond motifs is 13. The van der Waals surface area contributed by atoms with E-state index in [1.807, 2.05) is 12.1 Å². The lowest BCUT2D eigenvalue weighted by Crippen LogP contribution is -2.26. The Bertz CT molecular complexity index is 2850. The number of nitriles is 1. The topological polar surface area (TPSA) is 28.1 Å².